The Balaban J connectivity index is 2.83. The van der Waals surface area contributed by atoms with E-state index >= 15 is 0 Å². The highest BCUT2D eigenvalue weighted by Gasteiger charge is 1.92. The third-order valence-electron chi connectivity index (χ3n) is 1.21. The molecule has 0 aliphatic rings. The maximum atomic E-state index is 4.02. The van der Waals surface area contributed by atoms with Crippen LogP contribution < -0.4 is 0 Å². The van der Waals surface area contributed by atoms with Gasteiger partial charge in [-0.25, -0.2) is 4.98 Å². The number of aromatic amines is 1. The molecule has 0 aliphatic heterocycles. The Hall–Kier alpha value is -1.38. The Kier molecular flexibility index (Phi) is 1.99. The molecule has 1 rings (SSSR count). The molecule has 0 saturated carbocycles. The highest BCUT2D eigenvalue weighted by Crippen LogP contribution is 2.01. The van der Waals surface area contributed by atoms with Crippen LogP contribution in [0.25, 0.3) is 6.08 Å². The van der Waals surface area contributed by atoms with E-state index in [1.807, 2.05) is 6.92 Å². The van der Waals surface area contributed by atoms with Gasteiger partial charge in [-0.1, -0.05) is 0 Å². The predicted molar refractivity (Wildman–Crippen MR) is 41.9 cm³/mol. The third-order valence-corrected chi connectivity index (χ3v) is 1.21. The van der Waals surface area contributed by atoms with Gasteiger partial charge in [-0.05, 0) is 19.7 Å². The summed E-state index contributed by atoms with van der Waals surface area (Å²) in [5.74, 6) is 0. The number of aromatic nitrogens is 2. The van der Waals surface area contributed by atoms with Crippen molar-refractivity contribution in [1.29, 1.82) is 0 Å². The molecule has 0 spiro atoms. The van der Waals surface area contributed by atoms with Gasteiger partial charge in [-0.3, -0.25) is 4.99 Å². The van der Waals surface area contributed by atoms with E-state index in [0.29, 0.717) is 0 Å². The van der Waals surface area contributed by atoms with Crippen molar-refractivity contribution in [3.63, 3.8) is 0 Å². The molecule has 0 saturated heterocycles. The molecule has 0 unspecified atom stereocenters. The van der Waals surface area contributed by atoms with Gasteiger partial charge in [0.15, 0.2) is 0 Å². The second kappa shape index (κ2) is 2.96. The monoisotopic (exact) mass is 135 g/mol. The number of hydrogen-bond acceptors (Lipinski definition) is 2. The normalized spacial score (nSPS) is 10.5. The SMILES string of the molecule is C=N/C=C\c1nc[nH]c1C. The maximum absolute atomic E-state index is 4.02. The van der Waals surface area contributed by atoms with Crippen LogP contribution in [0.1, 0.15) is 11.4 Å². The van der Waals surface area contributed by atoms with Crippen LogP contribution in [0.15, 0.2) is 17.5 Å². The van der Waals surface area contributed by atoms with Crippen LogP contribution in [0.4, 0.5) is 0 Å². The lowest BCUT2D eigenvalue weighted by atomic mass is 10.3. The van der Waals surface area contributed by atoms with E-state index in [2.05, 4.69) is 21.7 Å². The fraction of sp³-hybridized carbons (Fsp3) is 0.143. The number of aliphatic imine (C=N–C) groups is 1. The standard InChI is InChI=1S/C7H9N3/c1-6-7(3-4-8-2)10-5-9-6/h3-5H,2H2,1H3,(H,9,10)/b4-3-. The van der Waals surface area contributed by atoms with Gasteiger partial charge in [0, 0.05) is 11.9 Å². The number of imidazole rings is 1. The summed E-state index contributed by atoms with van der Waals surface area (Å²) in [5, 5.41) is 0. The topological polar surface area (TPSA) is 41.0 Å². The fourth-order valence-electron chi connectivity index (χ4n) is 0.661. The van der Waals surface area contributed by atoms with E-state index in [1.165, 1.54) is 0 Å². The molecule has 3 nitrogen and oxygen atoms in total. The lowest BCUT2D eigenvalue weighted by Gasteiger charge is -1.83. The zero-order valence-electron chi connectivity index (χ0n) is 5.83. The quantitative estimate of drug-likeness (QED) is 0.611. The summed E-state index contributed by atoms with van der Waals surface area (Å²) < 4.78 is 0. The zero-order valence-corrected chi connectivity index (χ0v) is 5.83. The number of hydrogen-bond donors (Lipinski definition) is 1. The van der Waals surface area contributed by atoms with Crippen LogP contribution in [0, 0.1) is 6.92 Å². The van der Waals surface area contributed by atoms with Crippen LogP contribution in [0.3, 0.4) is 0 Å². The van der Waals surface area contributed by atoms with E-state index < -0.39 is 0 Å². The Morgan fingerprint density at radius 2 is 2.60 bits per heavy atom. The van der Waals surface area contributed by atoms with Gasteiger partial charge in [-0.15, -0.1) is 0 Å². The molecule has 3 heteroatoms. The second-order valence-corrected chi connectivity index (χ2v) is 1.91. The van der Waals surface area contributed by atoms with E-state index in [9.17, 15) is 0 Å². The van der Waals surface area contributed by atoms with E-state index in [-0.39, 0.29) is 0 Å². The smallest absolute Gasteiger partial charge is 0.0929 e. The van der Waals surface area contributed by atoms with Crippen molar-refractivity contribution >= 4 is 12.8 Å². The van der Waals surface area contributed by atoms with Crippen molar-refractivity contribution < 1.29 is 0 Å². The van der Waals surface area contributed by atoms with Crippen LogP contribution in [0.5, 0.6) is 0 Å². The minimum absolute atomic E-state index is 0.910. The summed E-state index contributed by atoms with van der Waals surface area (Å²) in [6.07, 6.45) is 5.07. The Morgan fingerprint density at radius 1 is 1.80 bits per heavy atom. The molecule has 10 heavy (non-hydrogen) atoms. The molecular formula is C7H9N3. The number of aryl methyl sites for hydroxylation is 1. The molecule has 0 amide bonds. The van der Waals surface area contributed by atoms with E-state index in [1.54, 1.807) is 18.6 Å². The van der Waals surface area contributed by atoms with Crippen molar-refractivity contribution in [2.75, 3.05) is 0 Å². The number of nitrogens with zero attached hydrogens (tertiary/aromatic N) is 2. The van der Waals surface area contributed by atoms with E-state index in [0.717, 1.165) is 11.4 Å². The Morgan fingerprint density at radius 3 is 3.10 bits per heavy atom. The van der Waals surface area contributed by atoms with Crippen LogP contribution in [-0.4, -0.2) is 16.7 Å². The van der Waals surface area contributed by atoms with Gasteiger partial charge in [0.1, 0.15) is 0 Å². The molecule has 0 aliphatic carbocycles. The molecule has 52 valence electrons. The molecule has 0 fully saturated rings. The van der Waals surface area contributed by atoms with Gasteiger partial charge in [0.25, 0.3) is 0 Å². The lowest BCUT2D eigenvalue weighted by Crippen LogP contribution is -1.74. The summed E-state index contributed by atoms with van der Waals surface area (Å²) in [5.41, 5.74) is 1.95. The fourth-order valence-corrected chi connectivity index (χ4v) is 0.661. The first-order chi connectivity index (χ1) is 4.84. The van der Waals surface area contributed by atoms with Gasteiger partial charge >= 0.3 is 0 Å². The molecule has 0 bridgehead atoms. The first-order valence-electron chi connectivity index (χ1n) is 2.97. The summed E-state index contributed by atoms with van der Waals surface area (Å²) in [4.78, 5) is 10.5. The van der Waals surface area contributed by atoms with Gasteiger partial charge in [-0.2, -0.15) is 0 Å². The zero-order chi connectivity index (χ0) is 7.40. The average Bonchev–Trinajstić information content (AvgIpc) is 2.31. The lowest BCUT2D eigenvalue weighted by molar-refractivity contribution is 1.25. The average molecular weight is 135 g/mol. The number of nitrogens with one attached hydrogen (secondary N) is 1. The minimum atomic E-state index is 0.910. The van der Waals surface area contributed by atoms with Gasteiger partial charge < -0.3 is 4.98 Å². The molecule has 1 aromatic rings. The minimum Gasteiger partial charge on any atom is -0.348 e. The highest BCUT2D eigenvalue weighted by molar-refractivity contribution is 5.47. The van der Waals surface area contributed by atoms with Crippen LogP contribution in [-0.2, 0) is 0 Å². The van der Waals surface area contributed by atoms with Gasteiger partial charge in [0.05, 0.1) is 12.0 Å². The number of H-pyrrole nitrogens is 1. The van der Waals surface area contributed by atoms with Crippen molar-refractivity contribution in [1.82, 2.24) is 9.97 Å². The molecule has 0 radical (unpaired) electrons. The summed E-state index contributed by atoms with van der Waals surface area (Å²) >= 11 is 0. The van der Waals surface area contributed by atoms with Crippen molar-refractivity contribution in [3.05, 3.63) is 23.9 Å². The largest absolute Gasteiger partial charge is 0.348 e. The maximum Gasteiger partial charge on any atom is 0.0929 e. The van der Waals surface area contributed by atoms with Crippen molar-refractivity contribution in [3.8, 4) is 0 Å². The van der Waals surface area contributed by atoms with E-state index in [4.69, 9.17) is 0 Å². The molecule has 0 atom stereocenters. The van der Waals surface area contributed by atoms with Crippen molar-refractivity contribution in [2.24, 2.45) is 4.99 Å². The summed E-state index contributed by atoms with van der Waals surface area (Å²) in [6.45, 7) is 5.27. The van der Waals surface area contributed by atoms with Crippen molar-refractivity contribution in [2.45, 2.75) is 6.92 Å². The molecule has 1 N–H and O–H groups in total. The van der Waals surface area contributed by atoms with Crippen LogP contribution >= 0.6 is 0 Å². The van der Waals surface area contributed by atoms with Gasteiger partial charge in [0.2, 0.25) is 0 Å². The third kappa shape index (κ3) is 1.31. The second-order valence-electron chi connectivity index (χ2n) is 1.91. The highest BCUT2D eigenvalue weighted by atomic mass is 14.9. The first kappa shape index (κ1) is 6.74. The first-order valence-corrected chi connectivity index (χ1v) is 2.97. The predicted octanol–water partition coefficient (Wildman–Crippen LogP) is 1.39. The molecule has 1 aromatic heterocycles. The Labute approximate surface area is 59.5 Å². The van der Waals surface area contributed by atoms with Crippen LogP contribution in [0.2, 0.25) is 0 Å². The summed E-state index contributed by atoms with van der Waals surface area (Å²) in [6, 6.07) is 0. The molecular weight excluding hydrogens is 126 g/mol. The molecule has 0 aromatic carbocycles. The summed E-state index contributed by atoms with van der Waals surface area (Å²) in [7, 11) is 0. The Bertz CT molecular complexity index is 247. The number of rotatable bonds is 2. The molecule has 1 heterocycles.